The minimum atomic E-state index is -3.03. The summed E-state index contributed by atoms with van der Waals surface area (Å²) in [5, 5.41) is 2.32. The monoisotopic (exact) mass is 328 g/mol. The van der Waals surface area contributed by atoms with Crippen molar-refractivity contribution in [3.8, 4) is 5.69 Å². The van der Waals surface area contributed by atoms with Gasteiger partial charge in [-0.05, 0) is 12.1 Å². The number of rotatable bonds is 2. The Bertz CT molecular complexity index is 699. The maximum absolute atomic E-state index is 13.7. The number of hydrogen-bond acceptors (Lipinski definition) is 2. The quantitative estimate of drug-likeness (QED) is 0.684. The Morgan fingerprint density at radius 3 is 2.50 bits per heavy atom. The van der Waals surface area contributed by atoms with E-state index < -0.39 is 18.1 Å². The number of H-pyrrole nitrogens is 1. The molecule has 0 radical (unpaired) electrons. The van der Waals surface area contributed by atoms with Crippen LogP contribution in [0.2, 0.25) is 5.02 Å². The summed E-state index contributed by atoms with van der Waals surface area (Å²) >= 11 is 5.61. The van der Waals surface area contributed by atoms with Gasteiger partial charge >= 0.3 is 12.2 Å². The van der Waals surface area contributed by atoms with Crippen molar-refractivity contribution in [2.75, 3.05) is 5.73 Å². The Balaban J connectivity index is 0.00000200. The van der Waals surface area contributed by atoms with Gasteiger partial charge in [-0.3, -0.25) is 0 Å². The van der Waals surface area contributed by atoms with Crippen molar-refractivity contribution in [2.45, 2.75) is 13.5 Å². The Morgan fingerprint density at radius 1 is 1.40 bits per heavy atom. The molecule has 2 aromatic rings. The maximum Gasteiger partial charge on any atom is 0.456 e. The van der Waals surface area contributed by atoms with Crippen LogP contribution in [0.4, 0.5) is 18.9 Å². The number of nitrogens with two attached hydrogens (primary N) is 1. The van der Waals surface area contributed by atoms with Gasteiger partial charge < -0.3 is 18.1 Å². The minimum Gasteiger partial charge on any atom is -1.00 e. The highest BCUT2D eigenvalue weighted by Crippen LogP contribution is 2.24. The Hall–Kier alpha value is -1.67. The summed E-state index contributed by atoms with van der Waals surface area (Å²) in [7, 11) is 0. The van der Waals surface area contributed by atoms with Gasteiger partial charge in [-0.2, -0.15) is 13.9 Å². The summed E-state index contributed by atoms with van der Waals surface area (Å²) < 4.78 is 39.9. The van der Waals surface area contributed by atoms with E-state index in [0.29, 0.717) is 4.68 Å². The fourth-order valence-electron chi connectivity index (χ4n) is 1.63. The third-order valence-corrected chi connectivity index (χ3v) is 2.86. The number of anilines is 1. The fourth-order valence-corrected chi connectivity index (χ4v) is 1.78. The molecule has 0 fully saturated rings. The number of aromatic nitrogens is 3. The number of nitrogens with zero attached hydrogens (tertiary/aromatic N) is 2. The lowest BCUT2D eigenvalue weighted by Crippen LogP contribution is -3.00. The number of nitrogen functional groups attached to an aromatic ring is 1. The van der Waals surface area contributed by atoms with Crippen LogP contribution >= 0.6 is 11.6 Å². The molecule has 0 aliphatic carbocycles. The second-order valence-corrected chi connectivity index (χ2v) is 4.20. The first-order valence-electron chi connectivity index (χ1n) is 5.09. The van der Waals surface area contributed by atoms with Crippen LogP contribution in [0.5, 0.6) is 0 Å². The zero-order chi connectivity index (χ0) is 14.3. The van der Waals surface area contributed by atoms with Crippen molar-refractivity contribution >= 4 is 17.3 Å². The maximum atomic E-state index is 13.7. The number of aromatic amines is 1. The number of nitrogens with one attached hydrogen (secondary N) is 1. The third-order valence-electron chi connectivity index (χ3n) is 2.53. The van der Waals surface area contributed by atoms with E-state index in [-0.39, 0.29) is 39.2 Å². The normalized spacial score (nSPS) is 10.7. The fraction of sp³-hybridized carbons (Fsp3) is 0.200. The number of benzene rings is 1. The van der Waals surface area contributed by atoms with Gasteiger partial charge in [0.05, 0.1) is 10.7 Å². The molecule has 0 unspecified atom stereocenters. The molecular formula is C10H9Cl2F3N4O. The molecule has 1 heterocycles. The van der Waals surface area contributed by atoms with E-state index in [1.54, 1.807) is 0 Å². The molecule has 0 aliphatic heterocycles. The first-order valence-corrected chi connectivity index (χ1v) is 5.47. The molecule has 0 aliphatic rings. The van der Waals surface area contributed by atoms with Gasteiger partial charge in [0.1, 0.15) is 5.69 Å². The van der Waals surface area contributed by atoms with Crippen LogP contribution in [-0.2, 0) is 0 Å². The minimum absolute atomic E-state index is 0. The van der Waals surface area contributed by atoms with Gasteiger partial charge in [-0.15, -0.1) is 9.25 Å². The second-order valence-electron chi connectivity index (χ2n) is 3.79. The van der Waals surface area contributed by atoms with Crippen LogP contribution in [0.15, 0.2) is 16.9 Å². The summed E-state index contributed by atoms with van der Waals surface area (Å²) in [5.41, 5.74) is 4.14. The number of alkyl halides is 2. The third kappa shape index (κ3) is 2.61. The predicted molar refractivity (Wildman–Crippen MR) is 62.0 cm³/mol. The summed E-state index contributed by atoms with van der Waals surface area (Å²) in [4.78, 5) is 11.8. The molecule has 0 atom stereocenters. The molecule has 1 aromatic heterocycles. The van der Waals surface area contributed by atoms with Crippen molar-refractivity contribution < 1.29 is 30.7 Å². The van der Waals surface area contributed by atoms with Crippen molar-refractivity contribution in [1.29, 1.82) is 0 Å². The summed E-state index contributed by atoms with van der Waals surface area (Å²) in [6.07, 6.45) is 0. The van der Waals surface area contributed by atoms with Crippen molar-refractivity contribution in [1.82, 2.24) is 9.25 Å². The van der Waals surface area contributed by atoms with Crippen LogP contribution in [0.3, 0.4) is 0 Å². The average Bonchev–Trinajstić information content (AvgIpc) is 2.59. The molecule has 3 N–H and O–H groups in total. The van der Waals surface area contributed by atoms with E-state index in [2.05, 4.69) is 5.10 Å². The summed E-state index contributed by atoms with van der Waals surface area (Å²) in [6.45, 7) is -1.76. The van der Waals surface area contributed by atoms with Crippen LogP contribution < -0.4 is 28.9 Å². The van der Waals surface area contributed by atoms with E-state index in [1.807, 2.05) is 0 Å². The van der Waals surface area contributed by atoms with Gasteiger partial charge in [0, 0.05) is 6.92 Å². The van der Waals surface area contributed by atoms with Crippen molar-refractivity contribution in [3.63, 3.8) is 0 Å². The molecule has 1 aromatic carbocycles. The van der Waals surface area contributed by atoms with Crippen LogP contribution in [-0.4, -0.2) is 9.25 Å². The number of hydrogen-bond donors (Lipinski definition) is 1. The average molecular weight is 329 g/mol. The van der Waals surface area contributed by atoms with Crippen LogP contribution in [0.25, 0.3) is 5.69 Å². The molecular weight excluding hydrogens is 320 g/mol. The molecule has 0 saturated carbocycles. The standard InChI is InChI=1S/C10H8ClF3N4O.ClH/c1-4-16-18(10(19)17(4)9(13)14)8-3-7(15)5(11)2-6(8)12;/h2-3,9H,15H2,1H3;1H. The van der Waals surface area contributed by atoms with Crippen molar-refractivity contribution in [3.05, 3.63) is 39.3 Å². The molecule has 0 spiro atoms. The van der Waals surface area contributed by atoms with E-state index in [0.717, 1.165) is 12.1 Å². The van der Waals surface area contributed by atoms with E-state index in [4.69, 9.17) is 17.3 Å². The summed E-state index contributed by atoms with van der Waals surface area (Å²) in [5.74, 6) is -0.975. The van der Waals surface area contributed by atoms with Gasteiger partial charge in [0.15, 0.2) is 5.82 Å². The molecule has 0 amide bonds. The lowest BCUT2D eigenvalue weighted by atomic mass is 10.2. The summed E-state index contributed by atoms with van der Waals surface area (Å²) in [6, 6.07) is 1.99. The lowest BCUT2D eigenvalue weighted by molar-refractivity contribution is -0.486. The first-order chi connectivity index (χ1) is 8.82. The molecule has 5 nitrogen and oxygen atoms in total. The van der Waals surface area contributed by atoms with Gasteiger partial charge in [-0.1, -0.05) is 11.6 Å². The largest absolute Gasteiger partial charge is 1.00 e. The highest BCUT2D eigenvalue weighted by Gasteiger charge is 2.27. The molecule has 110 valence electrons. The van der Waals surface area contributed by atoms with Crippen LogP contribution in [0.1, 0.15) is 12.4 Å². The smallest absolute Gasteiger partial charge is 0.456 e. The van der Waals surface area contributed by atoms with E-state index >= 15 is 0 Å². The number of aryl methyl sites for hydroxylation is 1. The second kappa shape index (κ2) is 5.76. The highest BCUT2D eigenvalue weighted by atomic mass is 35.5. The predicted octanol–water partition coefficient (Wildman–Crippen LogP) is -1.46. The topological polar surface area (TPSA) is 67.1 Å². The zero-order valence-electron chi connectivity index (χ0n) is 10.0. The Morgan fingerprint density at radius 2 is 2.00 bits per heavy atom. The first kappa shape index (κ1) is 16.4. The molecule has 0 bridgehead atoms. The molecule has 0 saturated heterocycles. The van der Waals surface area contributed by atoms with Gasteiger partial charge in [-0.25, -0.2) is 9.18 Å². The molecule has 10 heteroatoms. The van der Waals surface area contributed by atoms with E-state index in [1.165, 1.54) is 6.92 Å². The van der Waals surface area contributed by atoms with Gasteiger partial charge in [0.2, 0.25) is 0 Å². The van der Waals surface area contributed by atoms with Crippen LogP contribution in [0, 0.1) is 12.7 Å². The van der Waals surface area contributed by atoms with Crippen molar-refractivity contribution in [2.24, 2.45) is 0 Å². The Labute approximate surface area is 122 Å². The van der Waals surface area contributed by atoms with E-state index in [9.17, 15) is 18.0 Å². The zero-order valence-corrected chi connectivity index (χ0v) is 11.5. The molecule has 2 rings (SSSR count). The molecule has 20 heavy (non-hydrogen) atoms. The van der Waals surface area contributed by atoms with Gasteiger partial charge in [0.25, 0.3) is 5.82 Å². The number of halogens is 5. The SMILES string of the molecule is Cc1[nH+]n(-c2cc(N)c(Cl)cc2F)c(=O)n1C(F)F.[Cl-]. The highest BCUT2D eigenvalue weighted by molar-refractivity contribution is 6.33. The lowest BCUT2D eigenvalue weighted by Gasteiger charge is -2.02. The Kier molecular flexibility index (Phi) is 4.72.